The van der Waals surface area contributed by atoms with Crippen molar-refractivity contribution in [3.05, 3.63) is 94.0 Å². The van der Waals surface area contributed by atoms with Crippen LogP contribution in [0, 0.1) is 0 Å². The third-order valence-corrected chi connectivity index (χ3v) is 4.84. The highest BCUT2D eigenvalue weighted by atomic mass is 16.1. The standard InChI is InChI=1S/C21H21N3O/c25-20-15-23-21(19-12-7-13-24(19)20)22-14-18(16-8-3-1-4-9-16)17-10-5-2-6-11-17/h1-6,8-11,15,18,22H,7,12-14H2. The first-order chi connectivity index (χ1) is 12.3. The molecule has 0 radical (unpaired) electrons. The fourth-order valence-corrected chi connectivity index (χ4v) is 3.57. The molecule has 0 aliphatic carbocycles. The van der Waals surface area contributed by atoms with Gasteiger partial charge in [-0.25, -0.2) is 4.98 Å². The van der Waals surface area contributed by atoms with Gasteiger partial charge in [-0.15, -0.1) is 0 Å². The van der Waals surface area contributed by atoms with E-state index in [1.807, 2.05) is 16.7 Å². The van der Waals surface area contributed by atoms with E-state index in [0.29, 0.717) is 0 Å². The maximum Gasteiger partial charge on any atom is 0.269 e. The van der Waals surface area contributed by atoms with Crippen LogP contribution in [0.25, 0.3) is 0 Å². The molecule has 1 aliphatic heterocycles. The number of fused-ring (bicyclic) bond motifs is 1. The molecule has 0 bridgehead atoms. The van der Waals surface area contributed by atoms with Gasteiger partial charge in [0.2, 0.25) is 0 Å². The normalized spacial score (nSPS) is 13.0. The molecule has 126 valence electrons. The first-order valence-electron chi connectivity index (χ1n) is 8.75. The Balaban J connectivity index is 1.63. The second kappa shape index (κ2) is 6.93. The van der Waals surface area contributed by atoms with E-state index in [2.05, 4.69) is 58.8 Å². The minimum Gasteiger partial charge on any atom is -0.368 e. The van der Waals surface area contributed by atoms with Crippen LogP contribution < -0.4 is 10.9 Å². The van der Waals surface area contributed by atoms with Crippen LogP contribution in [0.4, 0.5) is 5.82 Å². The van der Waals surface area contributed by atoms with Crippen LogP contribution in [0.3, 0.4) is 0 Å². The Morgan fingerprint density at radius 2 is 1.64 bits per heavy atom. The monoisotopic (exact) mass is 331 g/mol. The first-order valence-corrected chi connectivity index (χ1v) is 8.75. The molecule has 0 unspecified atom stereocenters. The van der Waals surface area contributed by atoms with Crippen molar-refractivity contribution >= 4 is 5.82 Å². The number of hydrogen-bond acceptors (Lipinski definition) is 3. The molecular weight excluding hydrogens is 310 g/mol. The number of nitrogens with zero attached hydrogens (tertiary/aromatic N) is 2. The molecule has 2 heterocycles. The lowest BCUT2D eigenvalue weighted by Crippen LogP contribution is -2.23. The van der Waals surface area contributed by atoms with Crippen molar-refractivity contribution in [1.29, 1.82) is 0 Å². The smallest absolute Gasteiger partial charge is 0.269 e. The zero-order valence-electron chi connectivity index (χ0n) is 14.1. The number of aromatic nitrogens is 2. The van der Waals surface area contributed by atoms with E-state index in [9.17, 15) is 4.79 Å². The number of anilines is 1. The fraction of sp³-hybridized carbons (Fsp3) is 0.238. The van der Waals surface area contributed by atoms with E-state index in [1.54, 1.807) is 0 Å². The molecule has 0 atom stereocenters. The second-order valence-electron chi connectivity index (χ2n) is 6.40. The molecule has 0 fully saturated rings. The lowest BCUT2D eigenvalue weighted by molar-refractivity contribution is 0.714. The Hall–Kier alpha value is -2.88. The summed E-state index contributed by atoms with van der Waals surface area (Å²) in [4.78, 5) is 16.3. The molecule has 0 saturated heterocycles. The van der Waals surface area contributed by atoms with Gasteiger partial charge >= 0.3 is 0 Å². The van der Waals surface area contributed by atoms with E-state index in [-0.39, 0.29) is 11.5 Å². The molecule has 1 N–H and O–H groups in total. The van der Waals surface area contributed by atoms with E-state index >= 15 is 0 Å². The Kier molecular flexibility index (Phi) is 4.34. The Morgan fingerprint density at radius 3 is 2.28 bits per heavy atom. The summed E-state index contributed by atoms with van der Waals surface area (Å²) >= 11 is 0. The van der Waals surface area contributed by atoms with Gasteiger partial charge in [0.25, 0.3) is 5.56 Å². The van der Waals surface area contributed by atoms with Crippen LogP contribution in [-0.4, -0.2) is 16.1 Å². The van der Waals surface area contributed by atoms with Crippen LogP contribution in [0.15, 0.2) is 71.7 Å². The largest absolute Gasteiger partial charge is 0.368 e. The van der Waals surface area contributed by atoms with E-state index in [4.69, 9.17) is 0 Å². The minimum atomic E-state index is 0.000666. The summed E-state index contributed by atoms with van der Waals surface area (Å²) in [5, 5.41) is 3.50. The van der Waals surface area contributed by atoms with E-state index in [0.717, 1.165) is 37.4 Å². The molecule has 4 nitrogen and oxygen atoms in total. The van der Waals surface area contributed by atoms with Gasteiger partial charge in [-0.1, -0.05) is 60.7 Å². The molecule has 4 heteroatoms. The highest BCUT2D eigenvalue weighted by molar-refractivity contribution is 5.43. The summed E-state index contributed by atoms with van der Waals surface area (Å²) in [7, 11) is 0. The average Bonchev–Trinajstić information content (AvgIpc) is 3.16. The summed E-state index contributed by atoms with van der Waals surface area (Å²) in [6, 6.07) is 21.0. The molecule has 3 aromatic rings. The third kappa shape index (κ3) is 3.20. The van der Waals surface area contributed by atoms with Gasteiger partial charge in [0.15, 0.2) is 0 Å². The van der Waals surface area contributed by atoms with Gasteiger partial charge < -0.3 is 9.88 Å². The lowest BCUT2D eigenvalue weighted by atomic mass is 9.91. The van der Waals surface area contributed by atoms with E-state index in [1.165, 1.54) is 17.3 Å². The summed E-state index contributed by atoms with van der Waals surface area (Å²) in [6.07, 6.45) is 3.35. The third-order valence-electron chi connectivity index (χ3n) is 4.84. The predicted molar refractivity (Wildman–Crippen MR) is 100 cm³/mol. The molecule has 0 spiro atoms. The van der Waals surface area contributed by atoms with Gasteiger partial charge in [0, 0.05) is 19.0 Å². The van der Waals surface area contributed by atoms with Crippen molar-refractivity contribution < 1.29 is 0 Å². The van der Waals surface area contributed by atoms with Crippen molar-refractivity contribution in [3.63, 3.8) is 0 Å². The summed E-state index contributed by atoms with van der Waals surface area (Å²) in [6.45, 7) is 1.54. The predicted octanol–water partition coefficient (Wildman–Crippen LogP) is 3.43. The Bertz CT molecular complexity index is 864. The molecular formula is C21H21N3O. The van der Waals surface area contributed by atoms with E-state index < -0.39 is 0 Å². The summed E-state index contributed by atoms with van der Waals surface area (Å²) < 4.78 is 1.84. The molecule has 4 rings (SSSR count). The zero-order chi connectivity index (χ0) is 17.1. The number of hydrogen-bond donors (Lipinski definition) is 1. The van der Waals surface area contributed by atoms with Crippen molar-refractivity contribution in [2.75, 3.05) is 11.9 Å². The molecule has 1 aliphatic rings. The molecule has 2 aromatic carbocycles. The van der Waals surface area contributed by atoms with Crippen molar-refractivity contribution in [1.82, 2.24) is 9.55 Å². The molecule has 0 saturated carbocycles. The highest BCUT2D eigenvalue weighted by Crippen LogP contribution is 2.26. The Morgan fingerprint density at radius 1 is 1.00 bits per heavy atom. The lowest BCUT2D eigenvalue weighted by Gasteiger charge is -2.20. The minimum absolute atomic E-state index is 0.000666. The number of rotatable bonds is 5. The molecule has 0 amide bonds. The molecule has 25 heavy (non-hydrogen) atoms. The van der Waals surface area contributed by atoms with Gasteiger partial charge in [-0.2, -0.15) is 0 Å². The molecule has 1 aromatic heterocycles. The number of nitrogens with one attached hydrogen (secondary N) is 1. The zero-order valence-corrected chi connectivity index (χ0v) is 14.1. The second-order valence-corrected chi connectivity index (χ2v) is 6.40. The van der Waals surface area contributed by atoms with Crippen LogP contribution in [0.1, 0.15) is 29.2 Å². The summed E-state index contributed by atoms with van der Waals surface area (Å²) in [5.74, 6) is 1.08. The van der Waals surface area contributed by atoms with Crippen LogP contribution >= 0.6 is 0 Å². The maximum atomic E-state index is 11.9. The van der Waals surface area contributed by atoms with Gasteiger partial charge in [0.05, 0.1) is 11.9 Å². The summed E-state index contributed by atoms with van der Waals surface area (Å²) in [5.41, 5.74) is 3.57. The van der Waals surface area contributed by atoms with Gasteiger partial charge in [-0.05, 0) is 24.0 Å². The first kappa shape index (κ1) is 15.6. The fourth-order valence-electron chi connectivity index (χ4n) is 3.57. The number of benzene rings is 2. The Labute approximate surface area is 147 Å². The highest BCUT2D eigenvalue weighted by Gasteiger charge is 2.19. The van der Waals surface area contributed by atoms with Gasteiger partial charge in [0.1, 0.15) is 5.82 Å². The van der Waals surface area contributed by atoms with Crippen molar-refractivity contribution in [2.45, 2.75) is 25.3 Å². The SMILES string of the molecule is O=c1cnc(NCC(c2ccccc2)c2ccccc2)c2n1CCC2. The van der Waals surface area contributed by atoms with Crippen molar-refractivity contribution in [3.8, 4) is 0 Å². The average molecular weight is 331 g/mol. The van der Waals surface area contributed by atoms with Crippen LogP contribution in [-0.2, 0) is 13.0 Å². The van der Waals surface area contributed by atoms with Gasteiger partial charge in [-0.3, -0.25) is 4.79 Å². The maximum absolute atomic E-state index is 11.9. The van der Waals surface area contributed by atoms with Crippen LogP contribution in [0.2, 0.25) is 0 Å². The van der Waals surface area contributed by atoms with Crippen molar-refractivity contribution in [2.24, 2.45) is 0 Å². The topological polar surface area (TPSA) is 46.9 Å². The van der Waals surface area contributed by atoms with Crippen LogP contribution in [0.5, 0.6) is 0 Å². The quantitative estimate of drug-likeness (QED) is 0.779.